The lowest BCUT2D eigenvalue weighted by atomic mass is 10.2. The van der Waals surface area contributed by atoms with E-state index in [0.29, 0.717) is 0 Å². The molecule has 0 saturated carbocycles. The van der Waals surface area contributed by atoms with E-state index in [0.717, 1.165) is 22.5 Å². The largest absolute Gasteiger partial charge is 0.435 e. The van der Waals surface area contributed by atoms with Crippen LogP contribution in [0, 0.1) is 0 Å². The minimum Gasteiger partial charge on any atom is -0.391 e. The monoisotopic (exact) mass is 424 g/mol. The second-order valence-corrected chi connectivity index (χ2v) is 7.46. The number of rotatable bonds is 6. The lowest BCUT2D eigenvalue weighted by Gasteiger charge is -2.06. The first kappa shape index (κ1) is 20.6. The van der Waals surface area contributed by atoms with E-state index in [9.17, 15) is 21.6 Å². The maximum absolute atomic E-state index is 13.1. The highest BCUT2D eigenvalue weighted by Crippen LogP contribution is 2.29. The van der Waals surface area contributed by atoms with Crippen molar-refractivity contribution in [1.82, 2.24) is 9.78 Å². The van der Waals surface area contributed by atoms with E-state index in [1.54, 1.807) is 0 Å². The van der Waals surface area contributed by atoms with Crippen LogP contribution in [0.3, 0.4) is 0 Å². The maximum atomic E-state index is 13.1. The van der Waals surface area contributed by atoms with E-state index in [1.807, 2.05) is 30.3 Å². The van der Waals surface area contributed by atoms with Crippen molar-refractivity contribution in [2.45, 2.75) is 17.7 Å². The number of benzene rings is 2. The SMILES string of the molecule is NS(=O)(=O)c1ccc(-n2nc(C(F)(F)F)cc2/C=N/OCc2ccccc2)cc1. The molecule has 1 aromatic heterocycles. The van der Waals surface area contributed by atoms with Gasteiger partial charge in [-0.05, 0) is 35.9 Å². The highest BCUT2D eigenvalue weighted by molar-refractivity contribution is 7.89. The average Bonchev–Trinajstić information content (AvgIpc) is 3.10. The highest BCUT2D eigenvalue weighted by atomic mass is 32.2. The van der Waals surface area contributed by atoms with Crippen molar-refractivity contribution >= 4 is 16.2 Å². The molecule has 3 aromatic rings. The van der Waals surface area contributed by atoms with Crippen LogP contribution in [-0.2, 0) is 27.6 Å². The molecule has 0 bridgehead atoms. The molecular formula is C18H15F3N4O3S. The van der Waals surface area contributed by atoms with Gasteiger partial charge in [0.25, 0.3) is 0 Å². The van der Waals surface area contributed by atoms with Crippen molar-refractivity contribution in [1.29, 1.82) is 0 Å². The lowest BCUT2D eigenvalue weighted by Crippen LogP contribution is -2.12. The first-order valence-corrected chi connectivity index (χ1v) is 9.69. The summed E-state index contributed by atoms with van der Waals surface area (Å²) in [6.45, 7) is 0.140. The lowest BCUT2D eigenvalue weighted by molar-refractivity contribution is -0.141. The molecule has 29 heavy (non-hydrogen) atoms. The third kappa shape index (κ3) is 5.21. The molecule has 2 aromatic carbocycles. The number of sulfonamides is 1. The zero-order chi connectivity index (χ0) is 21.1. The molecule has 3 rings (SSSR count). The Bertz CT molecular complexity index is 1110. The second kappa shape index (κ2) is 8.05. The normalized spacial score (nSPS) is 12.4. The third-order valence-corrected chi connectivity index (χ3v) is 4.70. The molecule has 11 heteroatoms. The molecule has 152 valence electrons. The van der Waals surface area contributed by atoms with Gasteiger partial charge in [-0.25, -0.2) is 18.2 Å². The standard InChI is InChI=1S/C18H15F3N4O3S/c19-18(20,21)17-10-15(11-23-28-12-13-4-2-1-3-5-13)25(24-17)14-6-8-16(9-7-14)29(22,26)27/h1-11H,12H2,(H2,22,26,27)/b23-11+. The first-order chi connectivity index (χ1) is 13.6. The number of aromatic nitrogens is 2. The third-order valence-electron chi connectivity index (χ3n) is 3.77. The van der Waals surface area contributed by atoms with Crippen molar-refractivity contribution in [2.75, 3.05) is 0 Å². The van der Waals surface area contributed by atoms with Gasteiger partial charge >= 0.3 is 6.18 Å². The quantitative estimate of drug-likeness (QED) is 0.486. The van der Waals surface area contributed by atoms with Gasteiger partial charge in [0, 0.05) is 0 Å². The molecule has 0 aliphatic heterocycles. The van der Waals surface area contributed by atoms with Crippen LogP contribution in [0.15, 0.2) is 70.7 Å². The molecule has 0 amide bonds. The Morgan fingerprint density at radius 1 is 1.10 bits per heavy atom. The molecule has 0 saturated heterocycles. The number of alkyl halides is 3. The van der Waals surface area contributed by atoms with Crippen LogP contribution in [0.2, 0.25) is 0 Å². The molecule has 0 fully saturated rings. The Hall–Kier alpha value is -3.18. The zero-order valence-electron chi connectivity index (χ0n) is 14.7. The van der Waals surface area contributed by atoms with Crippen LogP contribution >= 0.6 is 0 Å². The zero-order valence-corrected chi connectivity index (χ0v) is 15.6. The fraction of sp³-hybridized carbons (Fsp3) is 0.111. The summed E-state index contributed by atoms with van der Waals surface area (Å²) < 4.78 is 62.9. The number of primary sulfonamides is 1. The van der Waals surface area contributed by atoms with Gasteiger partial charge in [0.2, 0.25) is 10.0 Å². The Morgan fingerprint density at radius 2 is 1.76 bits per heavy atom. The Kier molecular flexibility index (Phi) is 5.71. The minimum absolute atomic E-state index is 0.00579. The molecule has 1 heterocycles. The van der Waals surface area contributed by atoms with E-state index >= 15 is 0 Å². The van der Waals surface area contributed by atoms with Gasteiger partial charge in [-0.1, -0.05) is 35.5 Å². The van der Waals surface area contributed by atoms with Crippen molar-refractivity contribution in [2.24, 2.45) is 10.3 Å². The van der Waals surface area contributed by atoms with E-state index in [-0.39, 0.29) is 22.9 Å². The predicted molar refractivity (Wildman–Crippen MR) is 98.8 cm³/mol. The van der Waals surface area contributed by atoms with E-state index in [1.165, 1.54) is 24.3 Å². The summed E-state index contributed by atoms with van der Waals surface area (Å²) in [7, 11) is -3.93. The van der Waals surface area contributed by atoms with Crippen molar-refractivity contribution in [3.8, 4) is 5.69 Å². The number of nitrogens with zero attached hydrogens (tertiary/aromatic N) is 3. The van der Waals surface area contributed by atoms with Gasteiger partial charge in [-0.15, -0.1) is 0 Å². The summed E-state index contributed by atoms with van der Waals surface area (Å²) >= 11 is 0. The Balaban J connectivity index is 1.88. The molecule has 0 aliphatic rings. The Morgan fingerprint density at radius 3 is 2.34 bits per heavy atom. The summed E-state index contributed by atoms with van der Waals surface area (Å²) in [6.07, 6.45) is -3.57. The number of hydrogen-bond acceptors (Lipinski definition) is 5. The topological polar surface area (TPSA) is 99.6 Å². The van der Waals surface area contributed by atoms with Crippen LogP contribution in [0.25, 0.3) is 5.69 Å². The van der Waals surface area contributed by atoms with Gasteiger partial charge in [-0.3, -0.25) is 0 Å². The fourth-order valence-electron chi connectivity index (χ4n) is 2.39. The second-order valence-electron chi connectivity index (χ2n) is 5.90. The molecule has 0 atom stereocenters. The summed E-state index contributed by atoms with van der Waals surface area (Å²) in [5.74, 6) is 0. The van der Waals surface area contributed by atoms with E-state index in [2.05, 4.69) is 10.3 Å². The summed E-state index contributed by atoms with van der Waals surface area (Å²) in [5.41, 5.74) is -0.101. The van der Waals surface area contributed by atoms with Gasteiger partial charge < -0.3 is 4.84 Å². The number of nitrogens with two attached hydrogens (primary N) is 1. The van der Waals surface area contributed by atoms with Gasteiger partial charge in [0.05, 0.1) is 22.5 Å². The molecule has 2 N–H and O–H groups in total. The highest BCUT2D eigenvalue weighted by Gasteiger charge is 2.35. The van der Waals surface area contributed by atoms with Gasteiger partial charge in [0.1, 0.15) is 6.61 Å². The minimum atomic E-state index is -4.67. The van der Waals surface area contributed by atoms with Crippen LogP contribution < -0.4 is 5.14 Å². The van der Waals surface area contributed by atoms with Gasteiger partial charge in [0.15, 0.2) is 5.69 Å². The molecule has 0 unspecified atom stereocenters. The van der Waals surface area contributed by atoms with Gasteiger partial charge in [-0.2, -0.15) is 18.3 Å². The van der Waals surface area contributed by atoms with Crippen molar-refractivity contribution < 1.29 is 26.4 Å². The predicted octanol–water partition coefficient (Wildman–Crippen LogP) is 3.09. The van der Waals surface area contributed by atoms with Crippen LogP contribution in [0.4, 0.5) is 13.2 Å². The number of halogens is 3. The van der Waals surface area contributed by atoms with Crippen molar-refractivity contribution in [3.05, 3.63) is 77.6 Å². The fourth-order valence-corrected chi connectivity index (χ4v) is 2.90. The number of hydrogen-bond donors (Lipinski definition) is 1. The Labute approximate surface area is 164 Å². The van der Waals surface area contributed by atoms with Crippen LogP contribution in [0.5, 0.6) is 0 Å². The summed E-state index contributed by atoms with van der Waals surface area (Å²) in [4.78, 5) is 4.95. The average molecular weight is 424 g/mol. The van der Waals surface area contributed by atoms with Crippen molar-refractivity contribution in [3.63, 3.8) is 0 Å². The first-order valence-electron chi connectivity index (χ1n) is 8.14. The van der Waals surface area contributed by atoms with E-state index < -0.39 is 21.9 Å². The molecule has 0 aliphatic carbocycles. The summed E-state index contributed by atoms with van der Waals surface area (Å²) in [5, 5.41) is 12.3. The van der Waals surface area contributed by atoms with E-state index in [4.69, 9.17) is 9.98 Å². The smallest absolute Gasteiger partial charge is 0.391 e. The molecule has 7 nitrogen and oxygen atoms in total. The number of oxime groups is 1. The molecule has 0 radical (unpaired) electrons. The molecular weight excluding hydrogens is 409 g/mol. The maximum Gasteiger partial charge on any atom is 0.435 e. The van der Waals surface area contributed by atoms with Crippen LogP contribution in [-0.4, -0.2) is 24.4 Å². The molecule has 0 spiro atoms. The summed E-state index contributed by atoms with van der Waals surface area (Å²) in [6, 6.07) is 14.8. The van der Waals surface area contributed by atoms with Crippen LogP contribution in [0.1, 0.15) is 17.0 Å².